The first kappa shape index (κ1) is 16.4. The Labute approximate surface area is 114 Å². The molecule has 1 aromatic rings. The van der Waals surface area contributed by atoms with Crippen molar-refractivity contribution in [3.05, 3.63) is 34.9 Å². The number of halogens is 2. The topological polar surface area (TPSA) is 29.1 Å². The molecule has 1 aromatic carbocycles. The predicted molar refractivity (Wildman–Crippen MR) is 75.4 cm³/mol. The fourth-order valence-electron chi connectivity index (χ4n) is 1.61. The zero-order valence-corrected chi connectivity index (χ0v) is 12.2. The van der Waals surface area contributed by atoms with E-state index in [-0.39, 0.29) is 29.8 Å². The van der Waals surface area contributed by atoms with E-state index in [0.717, 1.165) is 0 Å². The van der Waals surface area contributed by atoms with Gasteiger partial charge in [0.1, 0.15) is 0 Å². The van der Waals surface area contributed by atoms with Gasteiger partial charge >= 0.3 is 0 Å². The Kier molecular flexibility index (Phi) is 6.17. The molecular formula is C13H19Cl2NO. The van der Waals surface area contributed by atoms with Gasteiger partial charge in [-0.15, -0.1) is 12.4 Å². The average Bonchev–Trinajstić information content (AvgIpc) is 2.14. The summed E-state index contributed by atoms with van der Waals surface area (Å²) in [7, 11) is 0. The monoisotopic (exact) mass is 275 g/mol. The Morgan fingerprint density at radius 3 is 2.41 bits per heavy atom. The minimum Gasteiger partial charge on any atom is -0.303 e. The molecule has 1 rings (SSSR count). The van der Waals surface area contributed by atoms with Crippen LogP contribution in [-0.2, 0) is 0 Å². The van der Waals surface area contributed by atoms with Crippen molar-refractivity contribution in [3.63, 3.8) is 0 Å². The van der Waals surface area contributed by atoms with Crippen LogP contribution in [0.25, 0.3) is 0 Å². The van der Waals surface area contributed by atoms with E-state index in [1.165, 1.54) is 0 Å². The van der Waals surface area contributed by atoms with Crippen molar-refractivity contribution in [2.45, 2.75) is 39.3 Å². The number of benzene rings is 1. The van der Waals surface area contributed by atoms with Gasteiger partial charge in [-0.05, 0) is 39.8 Å². The van der Waals surface area contributed by atoms with E-state index in [2.05, 4.69) is 5.32 Å². The van der Waals surface area contributed by atoms with Crippen LogP contribution in [0.15, 0.2) is 24.3 Å². The molecule has 0 aromatic heterocycles. The molecular weight excluding hydrogens is 257 g/mol. The molecule has 0 aliphatic rings. The molecule has 96 valence electrons. The van der Waals surface area contributed by atoms with E-state index in [1.807, 2.05) is 27.7 Å². The zero-order chi connectivity index (χ0) is 12.3. The minimum absolute atomic E-state index is 0. The molecule has 0 saturated carbocycles. The number of carbonyl (C=O) groups excluding carboxylic acids is 1. The molecule has 0 heterocycles. The first-order chi connectivity index (χ1) is 7.29. The molecule has 17 heavy (non-hydrogen) atoms. The van der Waals surface area contributed by atoms with Gasteiger partial charge in [-0.1, -0.05) is 23.7 Å². The molecule has 1 N–H and O–H groups in total. The van der Waals surface area contributed by atoms with Crippen LogP contribution >= 0.6 is 24.0 Å². The van der Waals surface area contributed by atoms with Crippen LogP contribution in [0.3, 0.4) is 0 Å². The minimum atomic E-state index is -0.210. The lowest BCUT2D eigenvalue weighted by molar-refractivity contribution is 0.0936. The Balaban J connectivity index is 0.00000256. The summed E-state index contributed by atoms with van der Waals surface area (Å²) in [6.45, 7) is 7.98. The molecule has 0 spiro atoms. The average molecular weight is 276 g/mol. The molecule has 0 unspecified atom stereocenters. The number of nitrogens with one attached hydrogen (secondary N) is 1. The molecule has 4 heteroatoms. The predicted octanol–water partition coefficient (Wildman–Crippen LogP) is 3.72. The van der Waals surface area contributed by atoms with E-state index in [1.54, 1.807) is 24.3 Å². The van der Waals surface area contributed by atoms with Crippen molar-refractivity contribution in [2.24, 2.45) is 0 Å². The van der Waals surface area contributed by atoms with Gasteiger partial charge in [-0.25, -0.2) is 0 Å². The largest absolute Gasteiger partial charge is 0.303 e. The lowest BCUT2D eigenvalue weighted by Gasteiger charge is -2.25. The van der Waals surface area contributed by atoms with Gasteiger partial charge in [0.05, 0.1) is 6.04 Å². The normalized spacial score (nSPS) is 12.8. The molecule has 1 atom stereocenters. The second kappa shape index (κ2) is 6.39. The lowest BCUT2D eigenvalue weighted by atomic mass is 10.0. The van der Waals surface area contributed by atoms with Crippen molar-refractivity contribution in [1.82, 2.24) is 5.32 Å². The fraction of sp³-hybridized carbons (Fsp3) is 0.462. The second-order valence-electron chi connectivity index (χ2n) is 4.99. The Hall–Kier alpha value is -0.570. The van der Waals surface area contributed by atoms with Crippen LogP contribution < -0.4 is 5.32 Å². The van der Waals surface area contributed by atoms with Gasteiger partial charge in [0, 0.05) is 16.1 Å². The highest BCUT2D eigenvalue weighted by atomic mass is 35.5. The summed E-state index contributed by atoms with van der Waals surface area (Å²) >= 11 is 5.85. The second-order valence-corrected chi connectivity index (χ2v) is 5.43. The molecule has 0 amide bonds. The van der Waals surface area contributed by atoms with Crippen molar-refractivity contribution >= 4 is 29.8 Å². The summed E-state index contributed by atoms with van der Waals surface area (Å²) < 4.78 is 0. The third-order valence-corrected chi connectivity index (χ3v) is 2.39. The summed E-state index contributed by atoms with van der Waals surface area (Å²) in [4.78, 5) is 12.1. The number of carbonyl (C=O) groups is 1. The van der Waals surface area contributed by atoms with Crippen molar-refractivity contribution in [3.8, 4) is 0 Å². The smallest absolute Gasteiger partial charge is 0.179 e. The summed E-state index contributed by atoms with van der Waals surface area (Å²) in [5.41, 5.74) is 0.574. The van der Waals surface area contributed by atoms with Crippen molar-refractivity contribution < 1.29 is 4.79 Å². The standard InChI is InChI=1S/C13H18ClNO.ClH/c1-9(15-13(2,3)4)12(16)10-6-5-7-11(14)8-10;/h5-9,15H,1-4H3;1H/t9-;/m1./s1. The first-order valence-electron chi connectivity index (χ1n) is 5.37. The van der Waals surface area contributed by atoms with Gasteiger partial charge in [-0.2, -0.15) is 0 Å². The van der Waals surface area contributed by atoms with E-state index < -0.39 is 0 Å². The van der Waals surface area contributed by atoms with Crippen LogP contribution in [-0.4, -0.2) is 17.4 Å². The highest BCUT2D eigenvalue weighted by Crippen LogP contribution is 2.13. The molecule has 0 bridgehead atoms. The molecule has 0 radical (unpaired) electrons. The van der Waals surface area contributed by atoms with E-state index in [0.29, 0.717) is 10.6 Å². The van der Waals surface area contributed by atoms with Gasteiger partial charge in [0.25, 0.3) is 0 Å². The molecule has 0 aliphatic heterocycles. The summed E-state index contributed by atoms with van der Waals surface area (Å²) in [5.74, 6) is 0.0671. The third-order valence-electron chi connectivity index (χ3n) is 2.15. The molecule has 0 saturated heterocycles. The van der Waals surface area contributed by atoms with Gasteiger partial charge < -0.3 is 5.32 Å². The quantitative estimate of drug-likeness (QED) is 0.852. The summed E-state index contributed by atoms with van der Waals surface area (Å²) in [5, 5.41) is 3.84. The highest BCUT2D eigenvalue weighted by Gasteiger charge is 2.20. The van der Waals surface area contributed by atoms with Crippen molar-refractivity contribution in [2.75, 3.05) is 0 Å². The molecule has 2 nitrogen and oxygen atoms in total. The number of rotatable bonds is 3. The third kappa shape index (κ3) is 5.53. The maximum absolute atomic E-state index is 12.1. The summed E-state index contributed by atoms with van der Waals surface area (Å²) in [6.07, 6.45) is 0. The first-order valence-corrected chi connectivity index (χ1v) is 5.75. The fourth-order valence-corrected chi connectivity index (χ4v) is 1.80. The van der Waals surface area contributed by atoms with Crippen LogP contribution in [0.5, 0.6) is 0 Å². The molecule has 0 fully saturated rings. The van der Waals surface area contributed by atoms with Crippen molar-refractivity contribution in [1.29, 1.82) is 0 Å². The maximum Gasteiger partial charge on any atom is 0.179 e. The number of ketones is 1. The SMILES string of the molecule is C[C@@H](NC(C)(C)C)C(=O)c1cccc(Cl)c1.Cl. The highest BCUT2D eigenvalue weighted by molar-refractivity contribution is 6.31. The van der Waals surface area contributed by atoms with E-state index >= 15 is 0 Å². The maximum atomic E-state index is 12.1. The van der Waals surface area contributed by atoms with E-state index in [4.69, 9.17) is 11.6 Å². The summed E-state index contributed by atoms with van der Waals surface area (Å²) in [6, 6.07) is 6.83. The molecule has 0 aliphatic carbocycles. The van der Waals surface area contributed by atoms with Crippen LogP contribution in [0, 0.1) is 0 Å². The Bertz CT molecular complexity index is 385. The van der Waals surface area contributed by atoms with Crippen LogP contribution in [0.2, 0.25) is 5.02 Å². The Morgan fingerprint density at radius 2 is 1.94 bits per heavy atom. The van der Waals surface area contributed by atoms with E-state index in [9.17, 15) is 4.79 Å². The zero-order valence-electron chi connectivity index (χ0n) is 10.6. The van der Waals surface area contributed by atoms with Crippen LogP contribution in [0.1, 0.15) is 38.1 Å². The van der Waals surface area contributed by atoms with Gasteiger partial charge in [0.15, 0.2) is 5.78 Å². The van der Waals surface area contributed by atoms with Crippen LogP contribution in [0.4, 0.5) is 0 Å². The number of Topliss-reactive ketones (excluding diaryl/α,β-unsaturated/α-hetero) is 1. The lowest BCUT2D eigenvalue weighted by Crippen LogP contribution is -2.46. The number of hydrogen-bond acceptors (Lipinski definition) is 2. The van der Waals surface area contributed by atoms with Gasteiger partial charge in [0.2, 0.25) is 0 Å². The van der Waals surface area contributed by atoms with Gasteiger partial charge in [-0.3, -0.25) is 4.79 Å². The number of hydrogen-bond donors (Lipinski definition) is 1. The Morgan fingerprint density at radius 1 is 1.35 bits per heavy atom.